The summed E-state index contributed by atoms with van der Waals surface area (Å²) in [7, 11) is 0. The van der Waals surface area contributed by atoms with Gasteiger partial charge in [-0.25, -0.2) is 0 Å². The summed E-state index contributed by atoms with van der Waals surface area (Å²) in [5.41, 5.74) is 0. The minimum Gasteiger partial charge on any atom is -0.0882 e. The highest BCUT2D eigenvalue weighted by atomic mass is 14.3. The minimum absolute atomic E-state index is 0. The Balaban J connectivity index is 0.000000605. The Morgan fingerprint density at radius 3 is 2.64 bits per heavy atom. The van der Waals surface area contributed by atoms with E-state index < -0.39 is 0 Å². The van der Waals surface area contributed by atoms with E-state index in [0.29, 0.717) is 0 Å². The van der Waals surface area contributed by atoms with Crippen molar-refractivity contribution >= 4 is 0 Å². The Kier molecular flexibility index (Phi) is 2.92. The first-order chi connectivity index (χ1) is 4.97. The van der Waals surface area contributed by atoms with Gasteiger partial charge >= 0.3 is 0 Å². The second-order valence-corrected chi connectivity index (χ2v) is 3.37. The van der Waals surface area contributed by atoms with E-state index in [4.69, 9.17) is 0 Å². The maximum absolute atomic E-state index is 2.41. The Labute approximate surface area is 70.0 Å². The summed E-state index contributed by atoms with van der Waals surface area (Å²) in [5, 5.41) is 0. The molecule has 0 aromatic heterocycles. The van der Waals surface area contributed by atoms with Crippen LogP contribution in [-0.2, 0) is 0 Å². The lowest BCUT2D eigenvalue weighted by molar-refractivity contribution is 0.348. The van der Waals surface area contributed by atoms with E-state index in [9.17, 15) is 0 Å². The lowest BCUT2D eigenvalue weighted by atomic mass is 9.77. The largest absolute Gasteiger partial charge is 0.0882 e. The molecule has 2 rings (SSSR count). The Morgan fingerprint density at radius 2 is 1.82 bits per heavy atom. The van der Waals surface area contributed by atoms with Gasteiger partial charge in [-0.3, -0.25) is 0 Å². The van der Waals surface area contributed by atoms with E-state index in [1.54, 1.807) is 0 Å². The van der Waals surface area contributed by atoms with Gasteiger partial charge in [-0.2, -0.15) is 0 Å². The van der Waals surface area contributed by atoms with Crippen LogP contribution in [0.3, 0.4) is 0 Å². The fraction of sp³-hybridized carbons (Fsp3) is 0.545. The maximum atomic E-state index is 2.41. The zero-order chi connectivity index (χ0) is 6.81. The van der Waals surface area contributed by atoms with Crippen LogP contribution >= 0.6 is 0 Å². The molecule has 2 aliphatic rings. The van der Waals surface area contributed by atoms with Gasteiger partial charge in [-0.05, 0) is 37.5 Å². The molecule has 2 unspecified atom stereocenters. The molecule has 0 heteroatoms. The van der Waals surface area contributed by atoms with Gasteiger partial charge in [-0.1, -0.05) is 31.7 Å². The van der Waals surface area contributed by atoms with Gasteiger partial charge in [0.2, 0.25) is 0 Å². The molecule has 0 bridgehead atoms. The number of fused-ring (bicyclic) bond motifs is 1. The van der Waals surface area contributed by atoms with Crippen LogP contribution in [0.2, 0.25) is 0 Å². The first kappa shape index (κ1) is 8.58. The molecule has 60 valence electrons. The van der Waals surface area contributed by atoms with Crippen LogP contribution in [-0.4, -0.2) is 0 Å². The van der Waals surface area contributed by atoms with Crippen molar-refractivity contribution in [3.63, 3.8) is 0 Å². The van der Waals surface area contributed by atoms with Crippen LogP contribution in [0, 0.1) is 19.3 Å². The number of hydrogen-bond donors (Lipinski definition) is 0. The molecule has 0 saturated heterocycles. The molecule has 0 heterocycles. The summed E-state index contributed by atoms with van der Waals surface area (Å²) in [6.07, 6.45) is 14.8. The molecular formula is C11H16. The first-order valence-electron chi connectivity index (χ1n) is 4.28. The van der Waals surface area contributed by atoms with Crippen LogP contribution in [0.4, 0.5) is 0 Å². The van der Waals surface area contributed by atoms with Crippen LogP contribution < -0.4 is 0 Å². The highest BCUT2D eigenvalue weighted by Gasteiger charge is 2.21. The standard InChI is InChI=1S/C10H14.CH2/c1-2-6-10-8-4-3-7-9(10)5-1;/h1-3,7,9-10H,4-6,8H2;1H2. The van der Waals surface area contributed by atoms with E-state index in [-0.39, 0.29) is 7.43 Å². The molecular weight excluding hydrogens is 132 g/mol. The first-order valence-corrected chi connectivity index (χ1v) is 4.28. The zero-order valence-corrected chi connectivity index (χ0v) is 7.00. The summed E-state index contributed by atoms with van der Waals surface area (Å²) in [6, 6.07) is 0. The van der Waals surface area contributed by atoms with Crippen LogP contribution in [0.5, 0.6) is 0 Å². The van der Waals surface area contributed by atoms with Gasteiger partial charge in [0.15, 0.2) is 0 Å². The van der Waals surface area contributed by atoms with Gasteiger partial charge in [0.25, 0.3) is 0 Å². The molecule has 0 N–H and O–H groups in total. The van der Waals surface area contributed by atoms with E-state index >= 15 is 0 Å². The zero-order valence-electron chi connectivity index (χ0n) is 7.00. The number of allylic oxidation sites excluding steroid dienone is 4. The smallest absolute Gasteiger partial charge is 0.0167 e. The Hall–Kier alpha value is -0.520. The monoisotopic (exact) mass is 148 g/mol. The van der Waals surface area contributed by atoms with Crippen molar-refractivity contribution in [3.8, 4) is 0 Å². The van der Waals surface area contributed by atoms with E-state index in [0.717, 1.165) is 11.8 Å². The van der Waals surface area contributed by atoms with Gasteiger partial charge in [0.1, 0.15) is 0 Å². The normalized spacial score (nSPS) is 34.2. The van der Waals surface area contributed by atoms with Crippen molar-refractivity contribution in [1.82, 2.24) is 0 Å². The molecule has 2 aliphatic carbocycles. The maximum Gasteiger partial charge on any atom is -0.0167 e. The topological polar surface area (TPSA) is 0 Å². The molecule has 2 radical (unpaired) electrons. The van der Waals surface area contributed by atoms with E-state index in [1.807, 2.05) is 0 Å². The molecule has 0 amide bonds. The third-order valence-electron chi connectivity index (χ3n) is 2.71. The van der Waals surface area contributed by atoms with Crippen molar-refractivity contribution in [3.05, 3.63) is 31.7 Å². The summed E-state index contributed by atoms with van der Waals surface area (Å²) >= 11 is 0. The van der Waals surface area contributed by atoms with Crippen LogP contribution in [0.15, 0.2) is 24.3 Å². The summed E-state index contributed by atoms with van der Waals surface area (Å²) in [4.78, 5) is 0. The highest BCUT2D eigenvalue weighted by molar-refractivity contribution is 5.05. The third-order valence-corrected chi connectivity index (χ3v) is 2.71. The molecule has 0 spiro atoms. The molecule has 0 nitrogen and oxygen atoms in total. The second kappa shape index (κ2) is 3.75. The van der Waals surface area contributed by atoms with Gasteiger partial charge < -0.3 is 0 Å². The average Bonchev–Trinajstić information content (AvgIpc) is 2.05. The summed E-state index contributed by atoms with van der Waals surface area (Å²) in [5.74, 6) is 1.87. The fourth-order valence-electron chi connectivity index (χ4n) is 2.04. The Bertz CT molecular complexity index is 165. The van der Waals surface area contributed by atoms with Crippen molar-refractivity contribution in [1.29, 1.82) is 0 Å². The molecule has 0 aliphatic heterocycles. The molecule has 0 saturated carbocycles. The van der Waals surface area contributed by atoms with E-state index in [1.165, 1.54) is 25.7 Å². The summed E-state index contributed by atoms with van der Waals surface area (Å²) < 4.78 is 0. The van der Waals surface area contributed by atoms with E-state index in [2.05, 4.69) is 24.3 Å². The number of hydrogen-bond acceptors (Lipinski definition) is 0. The van der Waals surface area contributed by atoms with Crippen molar-refractivity contribution in [2.75, 3.05) is 0 Å². The third kappa shape index (κ3) is 1.74. The molecule has 0 fully saturated rings. The van der Waals surface area contributed by atoms with Gasteiger partial charge in [0.05, 0.1) is 0 Å². The Morgan fingerprint density at radius 1 is 1.00 bits per heavy atom. The van der Waals surface area contributed by atoms with Crippen LogP contribution in [0.1, 0.15) is 25.7 Å². The van der Waals surface area contributed by atoms with Gasteiger partial charge in [0, 0.05) is 0 Å². The predicted molar refractivity (Wildman–Crippen MR) is 49.1 cm³/mol. The average molecular weight is 148 g/mol. The summed E-state index contributed by atoms with van der Waals surface area (Å²) in [6.45, 7) is 0. The second-order valence-electron chi connectivity index (χ2n) is 3.37. The van der Waals surface area contributed by atoms with Crippen molar-refractivity contribution in [2.45, 2.75) is 25.7 Å². The highest BCUT2D eigenvalue weighted by Crippen LogP contribution is 2.33. The van der Waals surface area contributed by atoms with Gasteiger partial charge in [-0.15, -0.1) is 0 Å². The molecule has 11 heavy (non-hydrogen) atoms. The molecule has 0 aromatic rings. The molecule has 0 aromatic carbocycles. The lowest BCUT2D eigenvalue weighted by Gasteiger charge is -2.28. The van der Waals surface area contributed by atoms with Crippen molar-refractivity contribution < 1.29 is 0 Å². The predicted octanol–water partition coefficient (Wildman–Crippen LogP) is 3.25. The van der Waals surface area contributed by atoms with Crippen LogP contribution in [0.25, 0.3) is 0 Å². The number of rotatable bonds is 0. The molecule has 2 atom stereocenters. The quantitative estimate of drug-likeness (QED) is 0.463. The van der Waals surface area contributed by atoms with Crippen molar-refractivity contribution in [2.24, 2.45) is 11.8 Å². The lowest BCUT2D eigenvalue weighted by Crippen LogP contribution is -2.16. The fourth-order valence-corrected chi connectivity index (χ4v) is 2.04. The minimum atomic E-state index is 0. The SMILES string of the molecule is C1=CC2CC=CCC2CC1.[CH2].